The summed E-state index contributed by atoms with van der Waals surface area (Å²) >= 11 is 0. The molecule has 0 atom stereocenters. The number of aryl methyl sites for hydroxylation is 1. The van der Waals surface area contributed by atoms with Crippen molar-refractivity contribution in [3.63, 3.8) is 0 Å². The van der Waals surface area contributed by atoms with Crippen LogP contribution in [-0.2, 0) is 33.9 Å². The van der Waals surface area contributed by atoms with Crippen molar-refractivity contribution in [2.75, 3.05) is 31.2 Å². The van der Waals surface area contributed by atoms with Crippen LogP contribution in [-0.4, -0.2) is 57.6 Å². The molecule has 0 amide bonds. The van der Waals surface area contributed by atoms with Gasteiger partial charge in [0, 0.05) is 42.5 Å². The fraction of sp³-hybridized carbons (Fsp3) is 0.464. The predicted molar refractivity (Wildman–Crippen MR) is 139 cm³/mol. The Kier molecular flexibility index (Phi) is 7.81. The van der Waals surface area contributed by atoms with Crippen LogP contribution in [0.2, 0.25) is 0 Å². The number of hydrogen-bond donors (Lipinski definition) is 1. The Bertz CT molecular complexity index is 1400. The summed E-state index contributed by atoms with van der Waals surface area (Å²) in [5, 5.41) is 14.3. The second-order valence-electron chi connectivity index (χ2n) is 10.2. The van der Waals surface area contributed by atoms with Crippen molar-refractivity contribution >= 4 is 17.4 Å². The quantitative estimate of drug-likeness (QED) is 0.477. The maximum Gasteiger partial charge on any atom is 0.308 e. The van der Waals surface area contributed by atoms with E-state index in [4.69, 9.17) is 14.2 Å². The average molecular weight is 543 g/mol. The Morgan fingerprint density at radius 3 is 2.72 bits per heavy atom. The van der Waals surface area contributed by atoms with Gasteiger partial charge in [-0.05, 0) is 33.1 Å². The molecule has 1 aromatic carbocycles. The number of halogens is 2. The Balaban J connectivity index is 1.51. The van der Waals surface area contributed by atoms with Crippen molar-refractivity contribution < 1.29 is 32.9 Å². The molecule has 0 spiro atoms. The number of nitrogens with zero attached hydrogens (tertiary/aromatic N) is 4. The molecule has 1 saturated heterocycles. The first-order valence-corrected chi connectivity index (χ1v) is 13.0. The first kappa shape index (κ1) is 27.0. The molecule has 1 N–H and O–H groups in total. The molecule has 39 heavy (non-hydrogen) atoms. The molecule has 11 heteroatoms. The minimum Gasteiger partial charge on any atom is -0.493 e. The topological polar surface area (TPSA) is 98.4 Å². The zero-order valence-electron chi connectivity index (χ0n) is 22.1. The molecule has 3 aliphatic rings. The lowest BCUT2D eigenvalue weighted by molar-refractivity contribution is -0.136. The molecular weight excluding hydrogens is 510 g/mol. The average Bonchev–Trinajstić information content (AvgIpc) is 3.27. The molecule has 0 unspecified atom stereocenters. The molecule has 4 bridgehead atoms. The maximum atomic E-state index is 14.6. The number of aromatic nitrogens is 3. The second kappa shape index (κ2) is 11.3. The van der Waals surface area contributed by atoms with Gasteiger partial charge in [-0.2, -0.15) is 9.61 Å². The maximum absolute atomic E-state index is 14.6. The molecule has 3 aromatic rings. The largest absolute Gasteiger partial charge is 0.493 e. The van der Waals surface area contributed by atoms with Gasteiger partial charge in [0.2, 0.25) is 0 Å². The highest BCUT2D eigenvalue weighted by Crippen LogP contribution is 2.33. The molecule has 9 nitrogen and oxygen atoms in total. The van der Waals surface area contributed by atoms with Crippen LogP contribution in [0, 0.1) is 18.6 Å². The molecule has 0 aliphatic carbocycles. The van der Waals surface area contributed by atoms with Crippen molar-refractivity contribution in [3.8, 4) is 5.75 Å². The van der Waals surface area contributed by atoms with Crippen LogP contribution >= 0.6 is 0 Å². The molecule has 1 fully saturated rings. The monoisotopic (exact) mass is 542 g/mol. The third-order valence-electron chi connectivity index (χ3n) is 7.23. The van der Waals surface area contributed by atoms with Gasteiger partial charge in [-0.25, -0.2) is 13.8 Å². The number of benzene rings is 1. The molecule has 208 valence electrons. The summed E-state index contributed by atoms with van der Waals surface area (Å²) in [4.78, 5) is 18.5. The number of piperidine rings is 1. The minimum atomic E-state index is -0.950. The van der Waals surface area contributed by atoms with E-state index in [1.165, 1.54) is 0 Å². The number of fused-ring (bicyclic) bond motifs is 9. The highest BCUT2D eigenvalue weighted by Gasteiger charge is 2.33. The summed E-state index contributed by atoms with van der Waals surface area (Å²) in [7, 11) is 0. The number of carboxylic acids is 1. The van der Waals surface area contributed by atoms with Gasteiger partial charge in [-0.1, -0.05) is 12.2 Å². The van der Waals surface area contributed by atoms with Crippen LogP contribution in [0.5, 0.6) is 5.75 Å². The summed E-state index contributed by atoms with van der Waals surface area (Å²) in [6.45, 7) is 5.79. The smallest absolute Gasteiger partial charge is 0.308 e. The summed E-state index contributed by atoms with van der Waals surface area (Å²) in [5.74, 6) is -1.63. The van der Waals surface area contributed by atoms with Crippen molar-refractivity contribution in [2.24, 2.45) is 0 Å². The Labute approximate surface area is 225 Å². The van der Waals surface area contributed by atoms with E-state index in [0.717, 1.165) is 25.0 Å². The van der Waals surface area contributed by atoms with Crippen molar-refractivity contribution in [3.05, 3.63) is 64.5 Å². The van der Waals surface area contributed by atoms with Gasteiger partial charge in [0.05, 0.1) is 49.7 Å². The van der Waals surface area contributed by atoms with Crippen LogP contribution < -0.4 is 9.64 Å². The van der Waals surface area contributed by atoms with Gasteiger partial charge in [0.25, 0.3) is 0 Å². The molecular formula is C28H32F2N4O5. The lowest BCUT2D eigenvalue weighted by Crippen LogP contribution is -2.45. The summed E-state index contributed by atoms with van der Waals surface area (Å²) in [6.07, 6.45) is 5.71. The molecule has 5 heterocycles. The molecule has 0 saturated carbocycles. The Morgan fingerprint density at radius 1 is 1.15 bits per heavy atom. The van der Waals surface area contributed by atoms with E-state index < -0.39 is 17.6 Å². The van der Waals surface area contributed by atoms with Crippen molar-refractivity contribution in [1.29, 1.82) is 0 Å². The highest BCUT2D eigenvalue weighted by molar-refractivity contribution is 5.74. The molecule has 6 rings (SSSR count). The number of anilines is 1. The molecule has 2 aromatic heterocycles. The van der Waals surface area contributed by atoms with Gasteiger partial charge >= 0.3 is 5.97 Å². The van der Waals surface area contributed by atoms with Gasteiger partial charge in [0.15, 0.2) is 5.65 Å². The Hall–Kier alpha value is -3.57. The third kappa shape index (κ3) is 6.04. The third-order valence-corrected chi connectivity index (χ3v) is 7.23. The normalized spacial score (nSPS) is 19.0. The van der Waals surface area contributed by atoms with Crippen LogP contribution in [0.15, 0.2) is 30.4 Å². The first-order chi connectivity index (χ1) is 18.7. The van der Waals surface area contributed by atoms with Gasteiger partial charge in [-0.3, -0.25) is 4.79 Å². The number of aliphatic carboxylic acids is 1. The predicted octanol–water partition coefficient (Wildman–Crippen LogP) is 4.37. The molecule has 0 radical (unpaired) electrons. The summed E-state index contributed by atoms with van der Waals surface area (Å²) in [5.41, 5.74) is 2.13. The van der Waals surface area contributed by atoms with E-state index in [1.54, 1.807) is 17.5 Å². The van der Waals surface area contributed by atoms with E-state index >= 15 is 0 Å². The summed E-state index contributed by atoms with van der Waals surface area (Å²) < 4.78 is 47.9. The van der Waals surface area contributed by atoms with E-state index in [1.807, 2.05) is 12.2 Å². The van der Waals surface area contributed by atoms with E-state index in [9.17, 15) is 18.7 Å². The van der Waals surface area contributed by atoms with Crippen LogP contribution in [0.4, 0.5) is 14.6 Å². The fourth-order valence-electron chi connectivity index (χ4n) is 5.05. The standard InChI is InChI=1S/C28H32F2N4O5/c1-18-21(15-26(35)36)27-33-8-6-28(2,7-9-33)39-11-5-3-4-10-38-24-13-19(29)12-23(30)22(24)17-37-16-20-14-25(31-18)34(27)32-20/h3,5,12-14H,4,6-11,15-17H2,1-2H3,(H,35,36)/b5-3-. The lowest BCUT2D eigenvalue weighted by atomic mass is 9.93. The first-order valence-electron chi connectivity index (χ1n) is 13.0. The lowest BCUT2D eigenvalue weighted by Gasteiger charge is -2.40. The number of carboxylic acid groups (broad SMARTS) is 1. The summed E-state index contributed by atoms with van der Waals surface area (Å²) in [6, 6.07) is 3.73. The molecule has 3 aliphatic heterocycles. The van der Waals surface area contributed by atoms with Gasteiger partial charge in [0.1, 0.15) is 23.2 Å². The number of hydrogen-bond acceptors (Lipinski definition) is 7. The number of rotatable bonds is 2. The van der Waals surface area contributed by atoms with Gasteiger partial charge < -0.3 is 24.2 Å². The van der Waals surface area contributed by atoms with E-state index in [-0.39, 0.29) is 43.2 Å². The van der Waals surface area contributed by atoms with Crippen LogP contribution in [0.1, 0.15) is 48.7 Å². The van der Waals surface area contributed by atoms with Crippen LogP contribution in [0.25, 0.3) is 5.65 Å². The zero-order chi connectivity index (χ0) is 27.6. The van der Waals surface area contributed by atoms with Crippen molar-refractivity contribution in [1.82, 2.24) is 14.6 Å². The highest BCUT2D eigenvalue weighted by atomic mass is 19.1. The second-order valence-corrected chi connectivity index (χ2v) is 10.2. The van der Waals surface area contributed by atoms with E-state index in [0.29, 0.717) is 54.5 Å². The zero-order valence-corrected chi connectivity index (χ0v) is 22.1. The fourth-order valence-corrected chi connectivity index (χ4v) is 5.05. The number of ether oxygens (including phenoxy) is 3. The Morgan fingerprint density at radius 2 is 1.95 bits per heavy atom. The van der Waals surface area contributed by atoms with Crippen molar-refractivity contribution in [2.45, 2.75) is 58.3 Å². The van der Waals surface area contributed by atoms with E-state index in [2.05, 4.69) is 21.9 Å². The number of carbonyl (C=O) groups is 1. The van der Waals surface area contributed by atoms with Gasteiger partial charge in [-0.15, -0.1) is 0 Å². The minimum absolute atomic E-state index is 0.0427. The SMILES string of the molecule is Cc1nc2cc3nn2c(c1CC(=O)O)N1CCC(C)(CC1)OC/C=C\CCOc1cc(F)cc(F)c1COC3. The van der Waals surface area contributed by atoms with Crippen LogP contribution in [0.3, 0.4) is 0 Å².